The van der Waals surface area contributed by atoms with Crippen LogP contribution in [0.3, 0.4) is 0 Å². The largest absolute Gasteiger partial charge is 0.508 e. The molecular weight excluding hydrogens is 563 g/mol. The van der Waals surface area contributed by atoms with Crippen LogP contribution in [0.1, 0.15) is 100 Å². The molecule has 0 aliphatic carbocycles. The zero-order valence-electron chi connectivity index (χ0n) is 23.0. The van der Waals surface area contributed by atoms with Crippen LogP contribution in [-0.2, 0) is 4.79 Å². The van der Waals surface area contributed by atoms with E-state index in [1.54, 1.807) is 30.0 Å². The van der Waals surface area contributed by atoms with Gasteiger partial charge in [-0.1, -0.05) is 63.1 Å². The number of halogens is 5. The average Bonchev–Trinajstić information content (AvgIpc) is 2.90. The number of carboxylic acids is 1. The molecule has 0 amide bonds. The van der Waals surface area contributed by atoms with Crippen molar-refractivity contribution in [3.05, 3.63) is 53.6 Å². The third-order valence-electron chi connectivity index (χ3n) is 8.00. The van der Waals surface area contributed by atoms with E-state index in [-0.39, 0.29) is 24.3 Å². The normalized spacial score (nSPS) is 18.2. The lowest BCUT2D eigenvalue weighted by atomic mass is 9.79. The second-order valence-electron chi connectivity index (χ2n) is 11.0. The Kier molecular flexibility index (Phi) is 12.2. The van der Waals surface area contributed by atoms with Crippen molar-refractivity contribution in [2.24, 2.45) is 5.92 Å². The molecule has 1 unspecified atom stereocenters. The number of carboxylic acid groups (broad SMARTS) is 1. The maximum Gasteiger partial charge on any atom is 0.453 e. The lowest BCUT2D eigenvalue weighted by Gasteiger charge is -2.34. The average molecular weight is 603 g/mol. The molecule has 1 heterocycles. The summed E-state index contributed by atoms with van der Waals surface area (Å²) in [5, 5.41) is 29.0. The van der Waals surface area contributed by atoms with Crippen LogP contribution in [0.5, 0.6) is 11.5 Å². The summed E-state index contributed by atoms with van der Waals surface area (Å²) < 4.78 is 63.0. The molecule has 2 aromatic rings. The molecule has 3 rings (SSSR count). The minimum Gasteiger partial charge on any atom is -0.508 e. The third-order valence-corrected chi connectivity index (χ3v) is 9.19. The topological polar surface area (TPSA) is 77.8 Å². The van der Waals surface area contributed by atoms with Gasteiger partial charge in [-0.3, -0.25) is 4.79 Å². The predicted octanol–water partition coefficient (Wildman–Crippen LogP) is 9.65. The Morgan fingerprint density at radius 1 is 0.829 bits per heavy atom. The Labute approximate surface area is 242 Å². The summed E-state index contributed by atoms with van der Waals surface area (Å²) in [6.45, 7) is 0. The van der Waals surface area contributed by atoms with Gasteiger partial charge < -0.3 is 15.3 Å². The number of carbonyl (C=O) groups is 1. The van der Waals surface area contributed by atoms with Crippen LogP contribution in [0.2, 0.25) is 0 Å². The van der Waals surface area contributed by atoms with Crippen molar-refractivity contribution in [2.45, 2.75) is 106 Å². The number of aromatic hydroxyl groups is 2. The second-order valence-corrected chi connectivity index (χ2v) is 12.1. The van der Waals surface area contributed by atoms with Crippen molar-refractivity contribution < 1.29 is 42.1 Å². The monoisotopic (exact) mass is 602 g/mol. The highest BCUT2D eigenvalue weighted by molar-refractivity contribution is 7.99. The molecular formula is C31H39F5O4S. The highest BCUT2D eigenvalue weighted by Gasteiger charge is 2.56. The molecule has 1 aliphatic rings. The number of rotatable bonds is 16. The van der Waals surface area contributed by atoms with Crippen molar-refractivity contribution in [1.29, 1.82) is 0 Å². The first-order chi connectivity index (χ1) is 19.4. The van der Waals surface area contributed by atoms with Crippen molar-refractivity contribution in [2.75, 3.05) is 5.75 Å². The van der Waals surface area contributed by atoms with Crippen molar-refractivity contribution in [3.63, 3.8) is 0 Å². The van der Waals surface area contributed by atoms with Crippen LogP contribution in [-0.4, -0.2) is 39.1 Å². The van der Waals surface area contributed by atoms with E-state index in [1.807, 2.05) is 24.3 Å². The number of benzene rings is 2. The molecule has 4 nitrogen and oxygen atoms in total. The van der Waals surface area contributed by atoms with Crippen LogP contribution in [0.4, 0.5) is 22.0 Å². The van der Waals surface area contributed by atoms with Gasteiger partial charge in [-0.15, -0.1) is 11.8 Å². The molecule has 0 saturated carbocycles. The molecule has 0 fully saturated rings. The summed E-state index contributed by atoms with van der Waals surface area (Å²) in [5.41, 5.74) is 2.43. The lowest BCUT2D eigenvalue weighted by Crippen LogP contribution is -2.36. The fourth-order valence-corrected chi connectivity index (χ4v) is 6.99. The minimum atomic E-state index is -5.61. The smallest absolute Gasteiger partial charge is 0.453 e. The van der Waals surface area contributed by atoms with Gasteiger partial charge in [0.15, 0.2) is 0 Å². The van der Waals surface area contributed by atoms with E-state index in [0.29, 0.717) is 18.3 Å². The number of phenolic OH excluding ortho intramolecular Hbond substituents is 2. The van der Waals surface area contributed by atoms with E-state index in [9.17, 15) is 42.1 Å². The number of hydrogen-bond donors (Lipinski definition) is 3. The SMILES string of the molecule is O=C(O)C(CCCCCCCCC[C@@H]1c2ccc(O)cc2SC[C@@H]1c1ccc(O)cc1)CCCC(F)(F)C(F)(F)F. The summed E-state index contributed by atoms with van der Waals surface area (Å²) in [4.78, 5) is 12.5. The number of fused-ring (bicyclic) bond motifs is 1. The van der Waals surface area contributed by atoms with Crippen LogP contribution in [0.25, 0.3) is 0 Å². The molecule has 3 atom stereocenters. The van der Waals surface area contributed by atoms with E-state index in [1.165, 1.54) is 11.1 Å². The van der Waals surface area contributed by atoms with Crippen molar-refractivity contribution in [1.82, 2.24) is 0 Å². The van der Waals surface area contributed by atoms with Gasteiger partial charge in [-0.2, -0.15) is 22.0 Å². The van der Waals surface area contributed by atoms with Crippen LogP contribution >= 0.6 is 11.8 Å². The van der Waals surface area contributed by atoms with E-state index in [4.69, 9.17) is 0 Å². The fraction of sp³-hybridized carbons (Fsp3) is 0.581. The molecule has 0 aromatic heterocycles. The highest BCUT2D eigenvalue weighted by Crippen LogP contribution is 2.49. The van der Waals surface area contributed by atoms with Gasteiger partial charge in [0.1, 0.15) is 11.5 Å². The lowest BCUT2D eigenvalue weighted by molar-refractivity contribution is -0.284. The summed E-state index contributed by atoms with van der Waals surface area (Å²) in [7, 11) is 0. The Morgan fingerprint density at radius 3 is 2.05 bits per heavy atom. The van der Waals surface area contributed by atoms with E-state index in [2.05, 4.69) is 0 Å². The molecule has 0 bridgehead atoms. The standard InChI is InChI=1S/C31H39F5O4S/c32-30(33,31(34,35)36)18-8-10-22(29(39)40)9-6-4-2-1-3-5-7-11-25-26-17-16-24(38)19-28(26)41-20-27(25)21-12-14-23(37)15-13-21/h12-17,19,22,25,27,37-38H,1-11,18,20H2,(H,39,40)/t22?,25-,27-/m1/s1. The molecule has 10 heteroatoms. The molecule has 0 spiro atoms. The molecule has 0 saturated heterocycles. The highest BCUT2D eigenvalue weighted by atomic mass is 32.2. The van der Waals surface area contributed by atoms with Crippen LogP contribution in [0, 0.1) is 5.92 Å². The van der Waals surface area contributed by atoms with Gasteiger partial charge in [-0.05, 0) is 67.0 Å². The zero-order valence-corrected chi connectivity index (χ0v) is 23.8. The number of unbranched alkanes of at least 4 members (excludes halogenated alkanes) is 6. The fourth-order valence-electron chi connectivity index (χ4n) is 5.62. The number of hydrogen-bond acceptors (Lipinski definition) is 4. The van der Waals surface area contributed by atoms with E-state index in [0.717, 1.165) is 55.6 Å². The van der Waals surface area contributed by atoms with Gasteiger partial charge in [0.25, 0.3) is 0 Å². The molecule has 228 valence electrons. The van der Waals surface area contributed by atoms with Crippen molar-refractivity contribution in [3.8, 4) is 11.5 Å². The third kappa shape index (κ3) is 9.79. The van der Waals surface area contributed by atoms with Crippen molar-refractivity contribution >= 4 is 17.7 Å². The van der Waals surface area contributed by atoms with Gasteiger partial charge in [-0.25, -0.2) is 0 Å². The molecule has 2 aromatic carbocycles. The summed E-state index contributed by atoms with van der Waals surface area (Å²) in [5.74, 6) is -4.83. The maximum atomic E-state index is 13.1. The summed E-state index contributed by atoms with van der Waals surface area (Å²) in [6.07, 6.45) is 0.0226. The number of alkyl halides is 5. The second kappa shape index (κ2) is 15.1. The quantitative estimate of drug-likeness (QED) is 0.132. The molecule has 0 radical (unpaired) electrons. The first kappa shape index (κ1) is 33.0. The molecule has 1 aliphatic heterocycles. The summed E-state index contributed by atoms with van der Waals surface area (Å²) in [6, 6.07) is 13.0. The number of phenols is 2. The van der Waals surface area contributed by atoms with Gasteiger partial charge in [0, 0.05) is 23.0 Å². The van der Waals surface area contributed by atoms with E-state index >= 15 is 0 Å². The van der Waals surface area contributed by atoms with Gasteiger partial charge in [0.2, 0.25) is 0 Å². The van der Waals surface area contributed by atoms with E-state index < -0.39 is 36.8 Å². The van der Waals surface area contributed by atoms with Crippen LogP contribution < -0.4 is 0 Å². The van der Waals surface area contributed by atoms with Crippen LogP contribution in [0.15, 0.2) is 47.4 Å². The first-order valence-electron chi connectivity index (χ1n) is 14.3. The molecule has 3 N–H and O–H groups in total. The predicted molar refractivity (Wildman–Crippen MR) is 150 cm³/mol. The molecule has 41 heavy (non-hydrogen) atoms. The first-order valence-corrected chi connectivity index (χ1v) is 15.3. The Balaban J connectivity index is 1.37. The Hall–Kier alpha value is -2.49. The minimum absolute atomic E-state index is 0.186. The summed E-state index contributed by atoms with van der Waals surface area (Å²) >= 11 is 1.74. The number of thioether (sulfide) groups is 1. The number of aliphatic carboxylic acids is 1. The van der Waals surface area contributed by atoms with Gasteiger partial charge in [0.05, 0.1) is 5.92 Å². The van der Waals surface area contributed by atoms with Gasteiger partial charge >= 0.3 is 18.1 Å². The zero-order chi connectivity index (χ0) is 30.0. The Morgan fingerprint density at radius 2 is 1.41 bits per heavy atom. The maximum absolute atomic E-state index is 13.1. The Bertz CT molecular complexity index is 1110.